The SMILES string of the molecule is CSc1nnc(NC(=O)c2nnc(N3CCCC(O)C3)o2)s1. The molecule has 1 fully saturated rings. The van der Waals surface area contributed by atoms with Crippen molar-refractivity contribution in [3.63, 3.8) is 0 Å². The van der Waals surface area contributed by atoms with Gasteiger partial charge in [0.25, 0.3) is 0 Å². The Kier molecular flexibility index (Phi) is 4.55. The van der Waals surface area contributed by atoms with Crippen LogP contribution in [0.15, 0.2) is 8.76 Å². The number of aromatic nitrogens is 4. The van der Waals surface area contributed by atoms with Gasteiger partial charge in [-0.2, -0.15) is 0 Å². The molecule has 3 rings (SSSR count). The molecule has 9 nitrogen and oxygen atoms in total. The van der Waals surface area contributed by atoms with Gasteiger partial charge in [-0.15, -0.1) is 15.3 Å². The Balaban J connectivity index is 1.66. The number of piperidine rings is 1. The van der Waals surface area contributed by atoms with E-state index in [0.29, 0.717) is 18.2 Å². The van der Waals surface area contributed by atoms with Gasteiger partial charge in [0.1, 0.15) is 0 Å². The van der Waals surface area contributed by atoms with E-state index in [4.69, 9.17) is 4.42 Å². The zero-order valence-corrected chi connectivity index (χ0v) is 13.4. The largest absolute Gasteiger partial charge is 0.399 e. The number of aliphatic hydroxyl groups is 1. The molecule has 0 bridgehead atoms. The number of rotatable bonds is 4. The second-order valence-electron chi connectivity index (χ2n) is 4.66. The molecule has 2 aromatic rings. The summed E-state index contributed by atoms with van der Waals surface area (Å²) in [6, 6.07) is 0.242. The van der Waals surface area contributed by atoms with Gasteiger partial charge in [0.2, 0.25) is 5.13 Å². The average Bonchev–Trinajstić information content (AvgIpc) is 3.16. The number of anilines is 2. The first kappa shape index (κ1) is 15.2. The molecule has 1 saturated heterocycles. The van der Waals surface area contributed by atoms with Gasteiger partial charge < -0.3 is 14.4 Å². The van der Waals surface area contributed by atoms with Gasteiger partial charge in [-0.25, -0.2) is 0 Å². The van der Waals surface area contributed by atoms with Gasteiger partial charge in [0.15, 0.2) is 4.34 Å². The molecule has 0 aliphatic carbocycles. The summed E-state index contributed by atoms with van der Waals surface area (Å²) in [6.07, 6.45) is 3.06. The molecule has 1 atom stereocenters. The first-order valence-electron chi connectivity index (χ1n) is 6.61. The van der Waals surface area contributed by atoms with Crippen LogP contribution in [0, 0.1) is 0 Å². The van der Waals surface area contributed by atoms with Crippen molar-refractivity contribution in [2.45, 2.75) is 23.3 Å². The van der Waals surface area contributed by atoms with Crippen LogP contribution >= 0.6 is 23.1 Å². The molecule has 118 valence electrons. The third-order valence-electron chi connectivity index (χ3n) is 3.08. The number of aliphatic hydroxyl groups excluding tert-OH is 1. The van der Waals surface area contributed by atoms with Crippen LogP contribution in [0.2, 0.25) is 0 Å². The van der Waals surface area contributed by atoms with E-state index in [1.54, 1.807) is 4.90 Å². The molecule has 22 heavy (non-hydrogen) atoms. The molecular formula is C11H14N6O3S2. The van der Waals surface area contributed by atoms with Crippen LogP contribution in [0.4, 0.5) is 11.1 Å². The maximum Gasteiger partial charge on any atom is 0.318 e. The molecule has 0 spiro atoms. The van der Waals surface area contributed by atoms with Crippen molar-refractivity contribution < 1.29 is 14.3 Å². The van der Waals surface area contributed by atoms with Crippen molar-refractivity contribution in [2.75, 3.05) is 29.6 Å². The summed E-state index contributed by atoms with van der Waals surface area (Å²) < 4.78 is 6.12. The Bertz CT molecular complexity index is 660. The summed E-state index contributed by atoms with van der Waals surface area (Å²) in [5.41, 5.74) is 0. The van der Waals surface area contributed by atoms with Crippen LogP contribution in [0.1, 0.15) is 23.5 Å². The van der Waals surface area contributed by atoms with Crippen LogP contribution in [0.3, 0.4) is 0 Å². The summed E-state index contributed by atoms with van der Waals surface area (Å²) >= 11 is 2.71. The molecule has 1 amide bonds. The van der Waals surface area contributed by atoms with E-state index in [2.05, 4.69) is 25.7 Å². The zero-order chi connectivity index (χ0) is 15.5. The standard InChI is InChI=1S/C11H14N6O3S2/c1-21-11-16-14-9(22-11)12-7(19)8-13-15-10(20-8)17-4-2-3-6(18)5-17/h6,18H,2-5H2,1H3,(H,12,14,19). The molecular weight excluding hydrogens is 328 g/mol. The predicted octanol–water partition coefficient (Wildman–Crippen LogP) is 0.856. The predicted molar refractivity (Wildman–Crippen MR) is 81.4 cm³/mol. The lowest BCUT2D eigenvalue weighted by molar-refractivity contribution is 0.0990. The van der Waals surface area contributed by atoms with E-state index in [-0.39, 0.29) is 11.9 Å². The maximum atomic E-state index is 12.0. The van der Waals surface area contributed by atoms with Crippen LogP contribution in [0.5, 0.6) is 0 Å². The van der Waals surface area contributed by atoms with E-state index >= 15 is 0 Å². The summed E-state index contributed by atoms with van der Waals surface area (Å²) in [7, 11) is 0. The van der Waals surface area contributed by atoms with Crippen molar-refractivity contribution in [1.29, 1.82) is 0 Å². The van der Waals surface area contributed by atoms with E-state index in [1.807, 2.05) is 6.26 Å². The number of carbonyl (C=O) groups is 1. The third kappa shape index (κ3) is 3.36. The molecule has 2 N–H and O–H groups in total. The van der Waals surface area contributed by atoms with Crippen LogP contribution < -0.4 is 10.2 Å². The lowest BCUT2D eigenvalue weighted by Crippen LogP contribution is -2.38. The Morgan fingerprint density at radius 1 is 1.45 bits per heavy atom. The smallest absolute Gasteiger partial charge is 0.318 e. The summed E-state index contributed by atoms with van der Waals surface area (Å²) in [6.45, 7) is 1.14. The monoisotopic (exact) mass is 342 g/mol. The highest BCUT2D eigenvalue weighted by atomic mass is 32.2. The van der Waals surface area contributed by atoms with E-state index < -0.39 is 12.0 Å². The van der Waals surface area contributed by atoms with Gasteiger partial charge >= 0.3 is 17.8 Å². The molecule has 1 aliphatic heterocycles. The minimum atomic E-state index is -0.528. The number of carbonyl (C=O) groups excluding carboxylic acids is 1. The number of hydrogen-bond donors (Lipinski definition) is 2. The Morgan fingerprint density at radius 3 is 3.05 bits per heavy atom. The first-order valence-corrected chi connectivity index (χ1v) is 8.65. The first-order chi connectivity index (χ1) is 10.7. The quantitative estimate of drug-likeness (QED) is 0.616. The third-order valence-corrected chi connectivity index (χ3v) is 4.89. The summed E-state index contributed by atoms with van der Waals surface area (Å²) in [5, 5.41) is 27.9. The maximum absolute atomic E-state index is 12.0. The van der Waals surface area contributed by atoms with Crippen molar-refractivity contribution in [3.8, 4) is 0 Å². The molecule has 0 saturated carbocycles. The molecule has 11 heteroatoms. The number of nitrogens with one attached hydrogen (secondary N) is 1. The topological polar surface area (TPSA) is 117 Å². The molecule has 1 aliphatic rings. The van der Waals surface area contributed by atoms with Crippen molar-refractivity contribution in [1.82, 2.24) is 20.4 Å². The van der Waals surface area contributed by atoms with Gasteiger partial charge in [0, 0.05) is 13.1 Å². The highest BCUT2D eigenvalue weighted by Gasteiger charge is 2.24. The van der Waals surface area contributed by atoms with Gasteiger partial charge in [0.05, 0.1) is 6.10 Å². The van der Waals surface area contributed by atoms with Crippen LogP contribution in [-0.2, 0) is 0 Å². The highest BCUT2D eigenvalue weighted by Crippen LogP contribution is 2.24. The molecule has 1 unspecified atom stereocenters. The van der Waals surface area contributed by atoms with Crippen molar-refractivity contribution >= 4 is 40.2 Å². The number of amides is 1. The van der Waals surface area contributed by atoms with E-state index in [1.165, 1.54) is 23.1 Å². The minimum Gasteiger partial charge on any atom is -0.399 e. The second kappa shape index (κ2) is 6.58. The van der Waals surface area contributed by atoms with E-state index in [0.717, 1.165) is 17.2 Å². The lowest BCUT2D eigenvalue weighted by atomic mass is 10.1. The molecule has 3 heterocycles. The highest BCUT2D eigenvalue weighted by molar-refractivity contribution is 8.00. The fourth-order valence-electron chi connectivity index (χ4n) is 2.06. The van der Waals surface area contributed by atoms with Crippen molar-refractivity contribution in [3.05, 3.63) is 5.89 Å². The number of thioether (sulfide) groups is 1. The Labute approximate surface area is 134 Å². The fourth-order valence-corrected chi connectivity index (χ4v) is 3.22. The Hall–Kier alpha value is -1.72. The van der Waals surface area contributed by atoms with E-state index in [9.17, 15) is 9.90 Å². The lowest BCUT2D eigenvalue weighted by Gasteiger charge is -2.28. The average molecular weight is 342 g/mol. The van der Waals surface area contributed by atoms with Crippen LogP contribution in [0.25, 0.3) is 0 Å². The number of β-amino-alcohol motifs (C(OH)–C–C–N with tert-alkyl or cyclic N) is 1. The number of hydrogen-bond acceptors (Lipinski definition) is 10. The zero-order valence-electron chi connectivity index (χ0n) is 11.7. The van der Waals surface area contributed by atoms with Crippen molar-refractivity contribution in [2.24, 2.45) is 0 Å². The second-order valence-corrected chi connectivity index (χ2v) is 6.69. The van der Waals surface area contributed by atoms with Gasteiger partial charge in [-0.05, 0) is 19.1 Å². The summed E-state index contributed by atoms with van der Waals surface area (Å²) in [4.78, 5) is 13.8. The summed E-state index contributed by atoms with van der Waals surface area (Å²) in [5.74, 6) is -0.670. The van der Waals surface area contributed by atoms with Gasteiger partial charge in [-0.1, -0.05) is 28.2 Å². The molecule has 0 aromatic carbocycles. The molecule has 0 radical (unpaired) electrons. The minimum absolute atomic E-state index is 0.143. The van der Waals surface area contributed by atoms with Gasteiger partial charge in [-0.3, -0.25) is 10.1 Å². The molecule has 2 aromatic heterocycles. The Morgan fingerprint density at radius 2 is 2.32 bits per heavy atom. The fraction of sp³-hybridized carbons (Fsp3) is 0.545. The number of nitrogens with zero attached hydrogens (tertiary/aromatic N) is 5. The van der Waals surface area contributed by atoms with Crippen LogP contribution in [-0.4, -0.2) is 56.9 Å². The normalized spacial score (nSPS) is 18.5.